The number of benzene rings is 1. The average Bonchev–Trinajstić information content (AvgIpc) is 3.13. The predicted molar refractivity (Wildman–Crippen MR) is 100 cm³/mol. The van der Waals surface area contributed by atoms with Gasteiger partial charge >= 0.3 is 0 Å². The number of unbranched alkanes of at least 4 members (excludes halogenated alkanes) is 1. The van der Waals surface area contributed by atoms with Gasteiger partial charge in [-0.1, -0.05) is 0 Å². The van der Waals surface area contributed by atoms with Crippen molar-refractivity contribution in [2.75, 3.05) is 32.6 Å². The molecule has 9 heteroatoms. The van der Waals surface area contributed by atoms with E-state index in [2.05, 4.69) is 15.6 Å². The van der Waals surface area contributed by atoms with Gasteiger partial charge in [0.1, 0.15) is 5.69 Å². The third-order valence-corrected chi connectivity index (χ3v) is 4.28. The summed E-state index contributed by atoms with van der Waals surface area (Å²) in [4.78, 5) is 28.5. The van der Waals surface area contributed by atoms with Crippen LogP contribution in [0.5, 0.6) is 11.5 Å². The minimum absolute atomic E-state index is 0.269. The molecule has 0 aliphatic heterocycles. The van der Waals surface area contributed by atoms with Crippen LogP contribution in [0.15, 0.2) is 23.6 Å². The van der Waals surface area contributed by atoms with E-state index < -0.39 is 0 Å². The molecule has 0 bridgehead atoms. The molecule has 0 spiro atoms. The minimum atomic E-state index is -0.352. The van der Waals surface area contributed by atoms with E-state index in [9.17, 15) is 9.59 Å². The van der Waals surface area contributed by atoms with Crippen LogP contribution in [0, 0.1) is 0 Å². The lowest BCUT2D eigenvalue weighted by Crippen LogP contribution is -2.25. The van der Waals surface area contributed by atoms with Crippen molar-refractivity contribution < 1.29 is 19.1 Å². The summed E-state index contributed by atoms with van der Waals surface area (Å²) in [5.74, 6) is 0.365. The van der Waals surface area contributed by atoms with Crippen LogP contribution in [0.2, 0.25) is 0 Å². The minimum Gasteiger partial charge on any atom is -0.493 e. The largest absolute Gasteiger partial charge is 0.493 e. The summed E-state index contributed by atoms with van der Waals surface area (Å²) in [7, 11) is 3.02. The first kappa shape index (κ1) is 19.7. The van der Waals surface area contributed by atoms with Gasteiger partial charge in [0.05, 0.1) is 14.2 Å². The van der Waals surface area contributed by atoms with Gasteiger partial charge in [0.25, 0.3) is 11.8 Å². The number of hydrogen-bond acceptors (Lipinski definition) is 7. The van der Waals surface area contributed by atoms with Crippen LogP contribution >= 0.6 is 11.3 Å². The molecule has 140 valence electrons. The molecule has 2 aromatic rings. The van der Waals surface area contributed by atoms with Crippen LogP contribution in [-0.4, -0.2) is 44.1 Å². The third-order valence-electron chi connectivity index (χ3n) is 3.52. The molecule has 8 nitrogen and oxygen atoms in total. The standard InChI is InChI=1S/C17H22N4O4S/c1-24-13-6-5-11(9-14(13)25-2)15(22)21-17-20-12(10-26-17)16(23)19-8-4-3-7-18/h5-6,9-10H,3-4,7-8,18H2,1-2H3,(H,19,23)(H,20,21,22). The van der Waals surface area contributed by atoms with Gasteiger partial charge in [0.2, 0.25) is 0 Å². The fourth-order valence-electron chi connectivity index (χ4n) is 2.14. The van der Waals surface area contributed by atoms with Gasteiger partial charge in [-0.2, -0.15) is 0 Å². The van der Waals surface area contributed by atoms with Crippen LogP contribution < -0.4 is 25.8 Å². The monoisotopic (exact) mass is 378 g/mol. The second kappa shape index (κ2) is 9.73. The summed E-state index contributed by atoms with van der Waals surface area (Å²) >= 11 is 1.18. The first-order chi connectivity index (χ1) is 12.6. The van der Waals surface area contributed by atoms with Gasteiger partial charge in [-0.05, 0) is 37.6 Å². The first-order valence-corrected chi connectivity index (χ1v) is 8.94. The summed E-state index contributed by atoms with van der Waals surface area (Å²) < 4.78 is 10.3. The quantitative estimate of drug-likeness (QED) is 0.574. The molecule has 0 unspecified atom stereocenters. The van der Waals surface area contributed by atoms with E-state index in [1.54, 1.807) is 23.6 Å². The number of aromatic nitrogens is 1. The van der Waals surface area contributed by atoms with Gasteiger partial charge in [-0.25, -0.2) is 4.98 Å². The Bertz CT molecular complexity index is 763. The summed E-state index contributed by atoms with van der Waals surface area (Å²) in [5.41, 5.74) is 6.07. The van der Waals surface area contributed by atoms with E-state index in [1.165, 1.54) is 25.6 Å². The van der Waals surface area contributed by atoms with Gasteiger partial charge < -0.3 is 20.5 Å². The predicted octanol–water partition coefficient (Wildman–Crippen LogP) is 1.88. The Kier molecular flexibility index (Phi) is 7.37. The Labute approximate surface area is 155 Å². The van der Waals surface area contributed by atoms with E-state index >= 15 is 0 Å². The first-order valence-electron chi connectivity index (χ1n) is 8.06. The zero-order valence-electron chi connectivity index (χ0n) is 14.7. The zero-order chi connectivity index (χ0) is 18.9. The molecular weight excluding hydrogens is 356 g/mol. The van der Waals surface area contributed by atoms with Crippen molar-refractivity contribution >= 4 is 28.3 Å². The summed E-state index contributed by atoms with van der Waals surface area (Å²) in [5, 5.41) is 7.38. The van der Waals surface area contributed by atoms with Crippen molar-refractivity contribution in [3.63, 3.8) is 0 Å². The maximum absolute atomic E-state index is 12.4. The van der Waals surface area contributed by atoms with Crippen LogP contribution in [0.3, 0.4) is 0 Å². The molecule has 0 aliphatic rings. The number of ether oxygens (including phenoxy) is 2. The SMILES string of the molecule is COc1ccc(C(=O)Nc2nc(C(=O)NCCCCN)cs2)cc1OC. The fraction of sp³-hybridized carbons (Fsp3) is 0.353. The zero-order valence-corrected chi connectivity index (χ0v) is 15.5. The van der Waals surface area contributed by atoms with Crippen molar-refractivity contribution in [3.05, 3.63) is 34.8 Å². The Morgan fingerprint density at radius 3 is 2.62 bits per heavy atom. The lowest BCUT2D eigenvalue weighted by molar-refractivity contribution is 0.0947. The molecule has 0 atom stereocenters. The highest BCUT2D eigenvalue weighted by Crippen LogP contribution is 2.28. The maximum Gasteiger partial charge on any atom is 0.270 e. The van der Waals surface area contributed by atoms with Crippen molar-refractivity contribution in [2.24, 2.45) is 5.73 Å². The van der Waals surface area contributed by atoms with Crippen LogP contribution in [0.4, 0.5) is 5.13 Å². The van der Waals surface area contributed by atoms with Crippen molar-refractivity contribution in [2.45, 2.75) is 12.8 Å². The summed E-state index contributed by atoms with van der Waals surface area (Å²) in [6.07, 6.45) is 1.67. The van der Waals surface area contributed by atoms with E-state index in [-0.39, 0.29) is 17.5 Å². The number of thiazole rings is 1. The molecule has 2 rings (SSSR count). The van der Waals surface area contributed by atoms with E-state index in [0.29, 0.717) is 35.3 Å². The highest BCUT2D eigenvalue weighted by molar-refractivity contribution is 7.14. The Hall–Kier alpha value is -2.65. The molecule has 26 heavy (non-hydrogen) atoms. The van der Waals surface area contributed by atoms with Crippen molar-refractivity contribution in [3.8, 4) is 11.5 Å². The number of methoxy groups -OCH3 is 2. The molecule has 1 heterocycles. The number of nitrogens with zero attached hydrogens (tertiary/aromatic N) is 1. The van der Waals surface area contributed by atoms with E-state index in [1.807, 2.05) is 0 Å². The van der Waals surface area contributed by atoms with E-state index in [4.69, 9.17) is 15.2 Å². The summed E-state index contributed by atoms with van der Waals surface area (Å²) in [6.45, 7) is 1.14. The van der Waals surface area contributed by atoms with E-state index in [0.717, 1.165) is 12.8 Å². The van der Waals surface area contributed by atoms with Crippen LogP contribution in [-0.2, 0) is 0 Å². The highest BCUT2D eigenvalue weighted by Gasteiger charge is 2.15. The maximum atomic E-state index is 12.4. The lowest BCUT2D eigenvalue weighted by atomic mass is 10.2. The molecule has 0 radical (unpaired) electrons. The molecule has 4 N–H and O–H groups in total. The number of hydrogen-bond donors (Lipinski definition) is 3. The van der Waals surface area contributed by atoms with Crippen molar-refractivity contribution in [1.82, 2.24) is 10.3 Å². The van der Waals surface area contributed by atoms with Crippen LogP contribution in [0.25, 0.3) is 0 Å². The lowest BCUT2D eigenvalue weighted by Gasteiger charge is -2.09. The second-order valence-electron chi connectivity index (χ2n) is 5.31. The molecule has 1 aromatic heterocycles. The summed E-state index contributed by atoms with van der Waals surface area (Å²) in [6, 6.07) is 4.85. The normalized spacial score (nSPS) is 10.3. The molecule has 0 fully saturated rings. The number of carbonyl (C=O) groups is 2. The number of nitrogens with one attached hydrogen (secondary N) is 2. The fourth-order valence-corrected chi connectivity index (χ4v) is 2.83. The molecule has 2 amide bonds. The topological polar surface area (TPSA) is 116 Å². The van der Waals surface area contributed by atoms with Gasteiger partial charge in [-0.15, -0.1) is 11.3 Å². The second-order valence-corrected chi connectivity index (χ2v) is 6.17. The highest BCUT2D eigenvalue weighted by atomic mass is 32.1. The number of rotatable bonds is 9. The Morgan fingerprint density at radius 1 is 1.15 bits per heavy atom. The molecule has 1 aromatic carbocycles. The molecule has 0 saturated carbocycles. The van der Waals surface area contributed by atoms with Gasteiger partial charge in [-0.3, -0.25) is 14.9 Å². The number of nitrogens with two attached hydrogens (primary N) is 1. The molecule has 0 saturated heterocycles. The number of anilines is 1. The van der Waals surface area contributed by atoms with Crippen molar-refractivity contribution in [1.29, 1.82) is 0 Å². The number of amides is 2. The van der Waals surface area contributed by atoms with Crippen LogP contribution in [0.1, 0.15) is 33.7 Å². The molecule has 0 aliphatic carbocycles. The Balaban J connectivity index is 1.98. The number of carbonyl (C=O) groups excluding carboxylic acids is 2. The van der Waals surface area contributed by atoms with Gasteiger partial charge in [0.15, 0.2) is 16.6 Å². The van der Waals surface area contributed by atoms with Gasteiger partial charge in [0, 0.05) is 17.5 Å². The average molecular weight is 378 g/mol. The molecular formula is C17H22N4O4S. The Morgan fingerprint density at radius 2 is 1.92 bits per heavy atom. The third kappa shape index (κ3) is 5.17. The smallest absolute Gasteiger partial charge is 0.270 e.